The van der Waals surface area contributed by atoms with Crippen molar-refractivity contribution in [2.24, 2.45) is 16.5 Å². The largest absolute Gasteiger partial charge is 0.404 e. The summed E-state index contributed by atoms with van der Waals surface area (Å²) in [5.74, 6) is 0. The Morgan fingerprint density at radius 1 is 1.25 bits per heavy atom. The molecule has 0 saturated heterocycles. The fourth-order valence-electron chi connectivity index (χ4n) is 3.45. The number of anilines is 1. The molecule has 0 bridgehead atoms. The number of hydrogen-bond donors (Lipinski definition) is 4. The van der Waals surface area contributed by atoms with Crippen molar-refractivity contribution in [1.29, 1.82) is 0 Å². The van der Waals surface area contributed by atoms with Gasteiger partial charge in [-0.05, 0) is 54.8 Å². The van der Waals surface area contributed by atoms with E-state index in [9.17, 15) is 0 Å². The van der Waals surface area contributed by atoms with Crippen molar-refractivity contribution in [3.05, 3.63) is 76.1 Å². The minimum absolute atomic E-state index is 0.109. The molecule has 0 radical (unpaired) electrons. The zero-order chi connectivity index (χ0) is 20.1. The first-order chi connectivity index (χ1) is 13.5. The summed E-state index contributed by atoms with van der Waals surface area (Å²) < 4.78 is 0. The van der Waals surface area contributed by atoms with Crippen LogP contribution in [0.5, 0.6) is 0 Å². The highest BCUT2D eigenvalue weighted by atomic mass is 35.5. The second-order valence-electron chi connectivity index (χ2n) is 6.79. The molecule has 1 aliphatic rings. The van der Waals surface area contributed by atoms with Gasteiger partial charge in [0.15, 0.2) is 0 Å². The van der Waals surface area contributed by atoms with Crippen molar-refractivity contribution in [3.8, 4) is 0 Å². The van der Waals surface area contributed by atoms with Crippen LogP contribution in [0.1, 0.15) is 36.1 Å². The Morgan fingerprint density at radius 2 is 2.00 bits per heavy atom. The van der Waals surface area contributed by atoms with Crippen LogP contribution in [0.2, 0.25) is 5.02 Å². The van der Waals surface area contributed by atoms with Crippen molar-refractivity contribution in [2.45, 2.75) is 19.4 Å². The SMILES string of the molecule is CN=CC(=CN)c1ccc2c(c1)C(Nc1ccc(Cl)cc1)CCN/C2=C(/C)N. The van der Waals surface area contributed by atoms with Gasteiger partial charge in [0, 0.05) is 53.6 Å². The third-order valence-corrected chi connectivity index (χ3v) is 5.04. The Hall–Kier alpha value is -2.92. The molecular formula is C22H26ClN5. The van der Waals surface area contributed by atoms with Gasteiger partial charge in [-0.3, -0.25) is 4.99 Å². The summed E-state index contributed by atoms with van der Waals surface area (Å²) in [6, 6.07) is 14.2. The molecule has 1 unspecified atom stereocenters. The second-order valence-corrected chi connectivity index (χ2v) is 7.23. The number of benzene rings is 2. The highest BCUT2D eigenvalue weighted by molar-refractivity contribution is 6.30. The summed E-state index contributed by atoms with van der Waals surface area (Å²) in [5.41, 5.74) is 18.9. The molecule has 2 aromatic rings. The van der Waals surface area contributed by atoms with Gasteiger partial charge in [0.2, 0.25) is 0 Å². The predicted molar refractivity (Wildman–Crippen MR) is 120 cm³/mol. The van der Waals surface area contributed by atoms with Gasteiger partial charge >= 0.3 is 0 Å². The van der Waals surface area contributed by atoms with Crippen molar-refractivity contribution in [2.75, 3.05) is 18.9 Å². The smallest absolute Gasteiger partial charge is 0.0605 e. The summed E-state index contributed by atoms with van der Waals surface area (Å²) in [6.45, 7) is 2.73. The van der Waals surface area contributed by atoms with Crippen LogP contribution >= 0.6 is 11.6 Å². The van der Waals surface area contributed by atoms with E-state index in [4.69, 9.17) is 23.1 Å². The highest BCUT2D eigenvalue weighted by Gasteiger charge is 2.23. The fraction of sp³-hybridized carbons (Fsp3) is 0.227. The van der Waals surface area contributed by atoms with Crippen LogP contribution in [0, 0.1) is 0 Å². The lowest BCUT2D eigenvalue weighted by atomic mass is 9.92. The van der Waals surface area contributed by atoms with Crippen molar-refractivity contribution in [1.82, 2.24) is 5.32 Å². The van der Waals surface area contributed by atoms with E-state index in [1.54, 1.807) is 19.5 Å². The van der Waals surface area contributed by atoms with Crippen LogP contribution in [-0.2, 0) is 0 Å². The maximum atomic E-state index is 6.17. The van der Waals surface area contributed by atoms with E-state index in [1.807, 2.05) is 31.2 Å². The first kappa shape index (κ1) is 19.8. The van der Waals surface area contributed by atoms with Gasteiger partial charge in [-0.15, -0.1) is 0 Å². The number of hydrogen-bond acceptors (Lipinski definition) is 5. The second kappa shape index (κ2) is 8.85. The molecule has 5 nitrogen and oxygen atoms in total. The zero-order valence-corrected chi connectivity index (χ0v) is 16.9. The number of nitrogens with zero attached hydrogens (tertiary/aromatic N) is 1. The van der Waals surface area contributed by atoms with Gasteiger partial charge in [-0.25, -0.2) is 0 Å². The lowest BCUT2D eigenvalue weighted by Crippen LogP contribution is -2.16. The zero-order valence-electron chi connectivity index (χ0n) is 16.2. The molecular weight excluding hydrogens is 370 g/mol. The van der Waals surface area contributed by atoms with Crippen LogP contribution < -0.4 is 22.1 Å². The molecule has 1 aliphatic heterocycles. The molecule has 6 heteroatoms. The number of fused-ring (bicyclic) bond motifs is 1. The molecule has 1 atom stereocenters. The minimum atomic E-state index is 0.109. The third kappa shape index (κ3) is 4.31. The third-order valence-electron chi connectivity index (χ3n) is 4.79. The van der Waals surface area contributed by atoms with Crippen LogP contribution in [0.4, 0.5) is 5.69 Å². The van der Waals surface area contributed by atoms with E-state index in [0.29, 0.717) is 0 Å². The molecule has 6 N–H and O–H groups in total. The monoisotopic (exact) mass is 395 g/mol. The molecule has 3 rings (SSSR count). The predicted octanol–water partition coefficient (Wildman–Crippen LogP) is 4.13. The van der Waals surface area contributed by atoms with Crippen molar-refractivity contribution in [3.63, 3.8) is 0 Å². The topological polar surface area (TPSA) is 88.5 Å². The summed E-state index contributed by atoms with van der Waals surface area (Å²) >= 11 is 6.03. The Kier molecular flexibility index (Phi) is 6.26. The van der Waals surface area contributed by atoms with Gasteiger partial charge in [-0.2, -0.15) is 0 Å². The first-order valence-electron chi connectivity index (χ1n) is 9.24. The van der Waals surface area contributed by atoms with E-state index in [2.05, 4.69) is 33.8 Å². The van der Waals surface area contributed by atoms with E-state index in [1.165, 1.54) is 5.56 Å². The lowest BCUT2D eigenvalue weighted by Gasteiger charge is -2.21. The molecule has 0 aromatic heterocycles. The standard InChI is InChI=1S/C22H26ClN5/c1-14(25)22-19-8-3-15(16(12-24)13-26-2)11-20(19)21(9-10-27-22)28-18-6-4-17(23)5-7-18/h3-8,11-13,21,27-28H,9-10,24-25H2,1-2H3/b16-12?,22-14-,26-13?. The van der Waals surface area contributed by atoms with Crippen LogP contribution in [-0.4, -0.2) is 19.8 Å². The average molecular weight is 396 g/mol. The highest BCUT2D eigenvalue weighted by Crippen LogP contribution is 2.34. The normalized spacial score (nSPS) is 19.0. The van der Waals surface area contributed by atoms with E-state index in [-0.39, 0.29) is 6.04 Å². The van der Waals surface area contributed by atoms with Crippen molar-refractivity contribution >= 4 is 34.8 Å². The molecule has 0 fully saturated rings. The van der Waals surface area contributed by atoms with E-state index in [0.717, 1.165) is 51.8 Å². The minimum Gasteiger partial charge on any atom is -0.404 e. The Balaban J connectivity index is 2.09. The van der Waals surface area contributed by atoms with Crippen LogP contribution in [0.25, 0.3) is 11.3 Å². The summed E-state index contributed by atoms with van der Waals surface area (Å²) in [5, 5.41) is 7.83. The number of allylic oxidation sites excluding steroid dienone is 2. The molecule has 146 valence electrons. The van der Waals surface area contributed by atoms with Gasteiger partial charge in [0.25, 0.3) is 0 Å². The fourth-order valence-corrected chi connectivity index (χ4v) is 3.58. The molecule has 0 amide bonds. The first-order valence-corrected chi connectivity index (χ1v) is 9.62. The number of halogens is 1. The van der Waals surface area contributed by atoms with Gasteiger partial charge in [0.05, 0.1) is 11.7 Å². The quantitative estimate of drug-likeness (QED) is 0.586. The van der Waals surface area contributed by atoms with Crippen LogP contribution in [0.15, 0.2) is 59.4 Å². The Labute approximate surface area is 171 Å². The number of nitrogens with two attached hydrogens (primary N) is 2. The van der Waals surface area contributed by atoms with Gasteiger partial charge < -0.3 is 22.1 Å². The Bertz CT molecular complexity index is 924. The molecule has 2 aromatic carbocycles. The van der Waals surface area contributed by atoms with E-state index < -0.39 is 0 Å². The molecule has 0 aliphatic carbocycles. The number of rotatable bonds is 4. The molecule has 1 heterocycles. The number of aliphatic imine (C=N–C) groups is 1. The van der Waals surface area contributed by atoms with E-state index >= 15 is 0 Å². The van der Waals surface area contributed by atoms with Crippen molar-refractivity contribution < 1.29 is 0 Å². The summed E-state index contributed by atoms with van der Waals surface area (Å²) in [4.78, 5) is 4.11. The maximum absolute atomic E-state index is 6.17. The molecule has 0 saturated carbocycles. The van der Waals surface area contributed by atoms with Gasteiger partial charge in [0.1, 0.15) is 0 Å². The average Bonchev–Trinajstić information content (AvgIpc) is 2.87. The molecule has 0 spiro atoms. The number of nitrogens with one attached hydrogen (secondary N) is 2. The lowest BCUT2D eigenvalue weighted by molar-refractivity contribution is 0.682. The maximum Gasteiger partial charge on any atom is 0.0605 e. The van der Waals surface area contributed by atoms with Crippen LogP contribution in [0.3, 0.4) is 0 Å². The Morgan fingerprint density at radius 3 is 2.64 bits per heavy atom. The van der Waals surface area contributed by atoms with Gasteiger partial charge in [-0.1, -0.05) is 23.7 Å². The molecule has 28 heavy (non-hydrogen) atoms. The summed E-state index contributed by atoms with van der Waals surface area (Å²) in [6.07, 6.45) is 4.25. The summed E-state index contributed by atoms with van der Waals surface area (Å²) in [7, 11) is 1.74.